The van der Waals surface area contributed by atoms with E-state index in [1.54, 1.807) is 0 Å². The van der Waals surface area contributed by atoms with E-state index in [1.807, 2.05) is 5.32 Å². The van der Waals surface area contributed by atoms with Crippen molar-refractivity contribution >= 4 is 21.7 Å². The molecule has 5 nitrogen and oxygen atoms in total. The number of amides is 2. The van der Waals surface area contributed by atoms with Crippen molar-refractivity contribution in [3.63, 3.8) is 0 Å². The number of imide groups is 1. The van der Waals surface area contributed by atoms with Gasteiger partial charge in [-0.2, -0.15) is 0 Å². The van der Waals surface area contributed by atoms with Crippen LogP contribution in [0.15, 0.2) is 9.81 Å². The largest absolute Gasteiger partial charge is 0.287 e. The van der Waals surface area contributed by atoms with E-state index in [2.05, 4.69) is 0 Å². The predicted octanol–water partition coefficient (Wildman–Crippen LogP) is -1.72. The fraction of sp³-hybridized carbons (Fsp3) is 0. The number of rotatable bonds is 0. The first kappa shape index (κ1) is 5.60. The van der Waals surface area contributed by atoms with E-state index in [1.165, 1.54) is 0 Å². The minimum absolute atomic E-state index is 0.350. The molecule has 0 saturated carbocycles. The molecule has 0 aliphatic carbocycles. The van der Waals surface area contributed by atoms with Gasteiger partial charge in [-0.1, -0.05) is 0 Å². The lowest BCUT2D eigenvalue weighted by Gasteiger charge is -1.92. The van der Waals surface area contributed by atoms with E-state index in [9.17, 15) is 18.0 Å². The zero-order chi connectivity index (χ0) is 7.52. The highest BCUT2D eigenvalue weighted by Gasteiger charge is 2.58. The van der Waals surface area contributed by atoms with E-state index in [-0.39, 0.29) is 9.81 Å². The lowest BCUT2D eigenvalue weighted by Crippen LogP contribution is -2.28. The first-order valence-corrected chi connectivity index (χ1v) is 3.88. The monoisotopic (exact) mass is 159 g/mol. The molecule has 0 aromatic rings. The van der Waals surface area contributed by atoms with Gasteiger partial charge in [0.25, 0.3) is 11.8 Å². The Bertz CT molecular complexity index is 357. The second kappa shape index (κ2) is 1.15. The summed E-state index contributed by atoms with van der Waals surface area (Å²) in [6, 6.07) is 0. The molecule has 2 rings (SSSR count). The number of carbonyl (C=O) groups excluding carboxylic acids is 2. The van der Waals surface area contributed by atoms with Crippen LogP contribution >= 0.6 is 0 Å². The van der Waals surface area contributed by atoms with Gasteiger partial charge in [-0.15, -0.1) is 0 Å². The molecule has 1 N–H and O–H groups in total. The van der Waals surface area contributed by atoms with Crippen molar-refractivity contribution in [3.8, 4) is 0 Å². The topological polar surface area (TPSA) is 80.3 Å². The van der Waals surface area contributed by atoms with Crippen molar-refractivity contribution in [1.29, 1.82) is 0 Å². The Morgan fingerprint density at radius 3 is 1.60 bits per heavy atom. The lowest BCUT2D eigenvalue weighted by molar-refractivity contribution is -0.123. The van der Waals surface area contributed by atoms with Crippen molar-refractivity contribution in [2.24, 2.45) is 0 Å². The molecule has 0 spiro atoms. The molecule has 0 saturated heterocycles. The summed E-state index contributed by atoms with van der Waals surface area (Å²) in [5, 5.41) is 1.84. The molecule has 0 bridgehead atoms. The zero-order valence-electron chi connectivity index (χ0n) is 4.54. The number of carbonyl (C=O) groups is 2. The normalized spacial score (nSPS) is 26.4. The van der Waals surface area contributed by atoms with Gasteiger partial charge in [-0.3, -0.25) is 14.9 Å². The minimum atomic E-state index is -3.53. The van der Waals surface area contributed by atoms with Crippen LogP contribution in [0.2, 0.25) is 0 Å². The molecule has 2 amide bonds. The van der Waals surface area contributed by atoms with Crippen molar-refractivity contribution in [1.82, 2.24) is 5.32 Å². The fourth-order valence-corrected chi connectivity index (χ4v) is 2.23. The van der Waals surface area contributed by atoms with Gasteiger partial charge in [0.05, 0.1) is 0 Å². The summed E-state index contributed by atoms with van der Waals surface area (Å²) in [5.41, 5.74) is 0. The van der Waals surface area contributed by atoms with Crippen LogP contribution < -0.4 is 5.32 Å². The molecular formula is C4HNO4S. The highest BCUT2D eigenvalue weighted by atomic mass is 32.2. The minimum Gasteiger partial charge on any atom is -0.287 e. The molecule has 0 aromatic carbocycles. The number of nitrogens with one attached hydrogen (secondary N) is 1. The van der Waals surface area contributed by atoms with Gasteiger partial charge in [0.15, 0.2) is 9.81 Å². The maximum Gasteiger partial charge on any atom is 0.271 e. The summed E-state index contributed by atoms with van der Waals surface area (Å²) in [4.78, 5) is 20.2. The van der Waals surface area contributed by atoms with Gasteiger partial charge in [0.2, 0.25) is 9.84 Å². The molecule has 0 aromatic heterocycles. The average molecular weight is 159 g/mol. The van der Waals surface area contributed by atoms with Crippen LogP contribution in [-0.2, 0) is 19.4 Å². The molecule has 0 fully saturated rings. The van der Waals surface area contributed by atoms with Crippen molar-refractivity contribution in [2.75, 3.05) is 0 Å². The molecule has 2 aliphatic rings. The van der Waals surface area contributed by atoms with Crippen LogP contribution in [0.25, 0.3) is 0 Å². The molecule has 52 valence electrons. The SMILES string of the molecule is O=C1NC(=O)C2=C1S2(=O)=O. The Hall–Kier alpha value is -1.17. The van der Waals surface area contributed by atoms with E-state index in [4.69, 9.17) is 0 Å². The molecule has 0 unspecified atom stereocenters. The summed E-state index contributed by atoms with van der Waals surface area (Å²) in [6.45, 7) is 0. The molecule has 6 heteroatoms. The first-order valence-electron chi connectivity index (χ1n) is 2.40. The van der Waals surface area contributed by atoms with Crippen LogP contribution in [0.1, 0.15) is 0 Å². The van der Waals surface area contributed by atoms with Gasteiger partial charge in [-0.05, 0) is 0 Å². The quantitative estimate of drug-likeness (QED) is 0.426. The summed E-state index contributed by atoms with van der Waals surface area (Å²) in [5.74, 6) is -1.58. The molecule has 2 heterocycles. The lowest BCUT2D eigenvalue weighted by atomic mass is 10.6. The Morgan fingerprint density at radius 2 is 1.40 bits per heavy atom. The first-order chi connectivity index (χ1) is 4.55. The predicted molar refractivity (Wildman–Crippen MR) is 29.1 cm³/mol. The van der Waals surface area contributed by atoms with E-state index < -0.39 is 21.7 Å². The van der Waals surface area contributed by atoms with Crippen molar-refractivity contribution in [2.45, 2.75) is 0 Å². The average Bonchev–Trinajstić information content (AvgIpc) is 2.17. The number of sulfone groups is 1. The van der Waals surface area contributed by atoms with E-state index in [0.29, 0.717) is 0 Å². The van der Waals surface area contributed by atoms with Gasteiger partial charge in [0, 0.05) is 0 Å². The Balaban J connectivity index is 2.64. The van der Waals surface area contributed by atoms with Crippen LogP contribution in [0.3, 0.4) is 0 Å². The van der Waals surface area contributed by atoms with Crippen molar-refractivity contribution < 1.29 is 18.0 Å². The zero-order valence-corrected chi connectivity index (χ0v) is 5.36. The van der Waals surface area contributed by atoms with E-state index >= 15 is 0 Å². The smallest absolute Gasteiger partial charge is 0.271 e. The van der Waals surface area contributed by atoms with Crippen LogP contribution in [0.5, 0.6) is 0 Å². The number of hydrogen-bond acceptors (Lipinski definition) is 4. The third-order valence-corrected chi connectivity index (χ3v) is 2.99. The Morgan fingerprint density at radius 1 is 1.00 bits per heavy atom. The highest BCUT2D eigenvalue weighted by molar-refractivity contribution is 8.08. The molecule has 10 heavy (non-hydrogen) atoms. The number of hydrogen-bond donors (Lipinski definition) is 1. The van der Waals surface area contributed by atoms with Gasteiger partial charge < -0.3 is 0 Å². The van der Waals surface area contributed by atoms with Gasteiger partial charge in [-0.25, -0.2) is 8.42 Å². The Labute approximate surface area is 55.6 Å². The Kier molecular flexibility index (Phi) is 0.644. The third kappa shape index (κ3) is 0.377. The summed E-state index contributed by atoms with van der Waals surface area (Å²) in [7, 11) is -3.53. The van der Waals surface area contributed by atoms with Crippen LogP contribution in [-0.4, -0.2) is 20.2 Å². The molecular weight excluding hydrogens is 158 g/mol. The second-order valence-electron chi connectivity index (χ2n) is 1.94. The third-order valence-electron chi connectivity index (χ3n) is 1.34. The van der Waals surface area contributed by atoms with Crippen molar-refractivity contribution in [3.05, 3.63) is 9.81 Å². The summed E-state index contributed by atoms with van der Waals surface area (Å²) < 4.78 is 21.1. The maximum atomic E-state index is 10.6. The summed E-state index contributed by atoms with van der Waals surface area (Å²) in [6.07, 6.45) is 0. The molecule has 0 atom stereocenters. The molecule has 0 radical (unpaired) electrons. The van der Waals surface area contributed by atoms with Gasteiger partial charge >= 0.3 is 0 Å². The van der Waals surface area contributed by atoms with Gasteiger partial charge in [0.1, 0.15) is 0 Å². The van der Waals surface area contributed by atoms with E-state index in [0.717, 1.165) is 0 Å². The highest BCUT2D eigenvalue weighted by Crippen LogP contribution is 2.40. The fourth-order valence-electron chi connectivity index (χ4n) is 0.861. The van der Waals surface area contributed by atoms with Crippen LogP contribution in [0, 0.1) is 0 Å². The molecule has 2 aliphatic heterocycles. The second-order valence-corrected chi connectivity index (χ2v) is 3.77. The summed E-state index contributed by atoms with van der Waals surface area (Å²) >= 11 is 0. The maximum absolute atomic E-state index is 10.6. The van der Waals surface area contributed by atoms with Crippen LogP contribution in [0.4, 0.5) is 0 Å². The standard InChI is InChI=1S/C4HNO4S/c6-3-1-2(4(7)5-3)10(1,8)9/h(H,5,6,7).